The maximum absolute atomic E-state index is 7.56. The molecule has 0 fully saturated rings. The number of hydrogen-bond acceptors (Lipinski definition) is 4. The standard InChI is InChI=1S/C5H12.4H3O3PS/c1-3-5-4-2;4*1-4(2,3)5/h3-5H2,1-2H3;4*(H3,1,2,3,5). The highest BCUT2D eigenvalue weighted by atomic mass is 32.5. The third kappa shape index (κ3) is 895. The van der Waals surface area contributed by atoms with Crippen LogP contribution >= 0.6 is 26.9 Å². The van der Waals surface area contributed by atoms with Gasteiger partial charge in [0.1, 0.15) is 0 Å². The Hall–Kier alpha value is 2.12. The monoisotopic (exact) mass is 528 g/mol. The van der Waals surface area contributed by atoms with Gasteiger partial charge in [-0.05, 0) is 47.2 Å². The third-order valence-corrected chi connectivity index (χ3v) is 0.707. The van der Waals surface area contributed by atoms with E-state index in [-0.39, 0.29) is 0 Å². The second kappa shape index (κ2) is 19.4. The maximum atomic E-state index is 7.56. The van der Waals surface area contributed by atoms with Crippen LogP contribution < -0.4 is 0 Å². The molecule has 20 heteroatoms. The van der Waals surface area contributed by atoms with Crippen molar-refractivity contribution < 1.29 is 58.7 Å². The molecule has 12 N–H and O–H groups in total. The molecule has 0 amide bonds. The van der Waals surface area contributed by atoms with Gasteiger partial charge >= 0.3 is 26.9 Å². The van der Waals surface area contributed by atoms with Crippen LogP contribution in [0.3, 0.4) is 0 Å². The van der Waals surface area contributed by atoms with E-state index in [1.165, 1.54) is 19.3 Å². The van der Waals surface area contributed by atoms with Crippen molar-refractivity contribution in [3.8, 4) is 0 Å². The quantitative estimate of drug-likeness (QED) is 0.191. The van der Waals surface area contributed by atoms with Gasteiger partial charge < -0.3 is 58.7 Å². The van der Waals surface area contributed by atoms with E-state index in [1.807, 2.05) is 0 Å². The van der Waals surface area contributed by atoms with Gasteiger partial charge in [-0.1, -0.05) is 33.1 Å². The highest BCUT2D eigenvalue weighted by Crippen LogP contribution is 2.27. The summed E-state index contributed by atoms with van der Waals surface area (Å²) in [6.45, 7) is -10.8. The Balaban J connectivity index is -0.0000000667. The fraction of sp³-hybridized carbons (Fsp3) is 1.00. The smallest absolute Gasteiger partial charge is 0.319 e. The highest BCUT2D eigenvalue weighted by Gasteiger charge is 1.93. The van der Waals surface area contributed by atoms with Gasteiger partial charge in [-0.15, -0.1) is 0 Å². The zero-order valence-electron chi connectivity index (χ0n) is 12.9. The summed E-state index contributed by atoms with van der Waals surface area (Å²) < 4.78 is 0. The van der Waals surface area contributed by atoms with Crippen molar-refractivity contribution in [2.24, 2.45) is 0 Å². The molecule has 0 unspecified atom stereocenters. The van der Waals surface area contributed by atoms with Crippen LogP contribution in [-0.2, 0) is 47.2 Å². The van der Waals surface area contributed by atoms with Crippen molar-refractivity contribution in [2.45, 2.75) is 33.1 Å². The molecule has 0 rings (SSSR count). The zero-order valence-corrected chi connectivity index (χ0v) is 19.8. The molecule has 160 valence electrons. The normalized spacial score (nSPS) is 11.1. The average Bonchev–Trinajstić information content (AvgIpc) is 2.06. The van der Waals surface area contributed by atoms with E-state index in [9.17, 15) is 0 Å². The van der Waals surface area contributed by atoms with Crippen LogP contribution in [-0.4, -0.2) is 58.7 Å². The van der Waals surface area contributed by atoms with E-state index < -0.39 is 26.9 Å². The second-order valence-electron chi connectivity index (χ2n) is 3.41. The van der Waals surface area contributed by atoms with Crippen molar-refractivity contribution in [1.82, 2.24) is 0 Å². The summed E-state index contributed by atoms with van der Waals surface area (Å²) in [7, 11) is 0. The Labute approximate surface area is 165 Å². The molecular formula is C5H24O12P4S4. The van der Waals surface area contributed by atoms with E-state index in [4.69, 9.17) is 58.7 Å². The molecule has 0 aliphatic carbocycles. The predicted octanol–water partition coefficient (Wildman–Crippen LogP) is -1.05. The van der Waals surface area contributed by atoms with Gasteiger partial charge in [0.2, 0.25) is 0 Å². The molecule has 0 aromatic heterocycles. The van der Waals surface area contributed by atoms with Gasteiger partial charge in [-0.3, -0.25) is 0 Å². The van der Waals surface area contributed by atoms with E-state index >= 15 is 0 Å². The average molecular weight is 528 g/mol. The van der Waals surface area contributed by atoms with E-state index in [1.54, 1.807) is 0 Å². The minimum absolute atomic E-state index is 1.34. The molecule has 0 saturated carbocycles. The summed E-state index contributed by atoms with van der Waals surface area (Å²) in [5.74, 6) is 0. The topological polar surface area (TPSA) is 243 Å². The second-order valence-corrected chi connectivity index (χ2v) is 13.4. The fourth-order valence-corrected chi connectivity index (χ4v) is 0.354. The first-order valence-corrected chi connectivity index (χ1v) is 16.2. The first-order valence-electron chi connectivity index (χ1n) is 5.54. The summed E-state index contributed by atoms with van der Waals surface area (Å²) in [6.07, 6.45) is 4.08. The lowest BCUT2D eigenvalue weighted by Gasteiger charge is -1.88. The summed E-state index contributed by atoms with van der Waals surface area (Å²) in [5.41, 5.74) is 0. The number of rotatable bonds is 2. The first kappa shape index (κ1) is 37.8. The minimum Gasteiger partial charge on any atom is -0.325 e. The Morgan fingerprint density at radius 3 is 0.520 bits per heavy atom. The minimum atomic E-state index is -3.81. The van der Waals surface area contributed by atoms with Gasteiger partial charge in [0.25, 0.3) is 0 Å². The maximum Gasteiger partial charge on any atom is 0.319 e. The Morgan fingerprint density at radius 1 is 0.440 bits per heavy atom. The van der Waals surface area contributed by atoms with Crippen LogP contribution in [0, 0.1) is 0 Å². The summed E-state index contributed by atoms with van der Waals surface area (Å²) in [6, 6.07) is 0. The third-order valence-electron chi connectivity index (χ3n) is 0.707. The van der Waals surface area contributed by atoms with Crippen molar-refractivity contribution >= 4 is 74.1 Å². The molecule has 0 aromatic carbocycles. The molecule has 25 heavy (non-hydrogen) atoms. The fourth-order valence-electron chi connectivity index (χ4n) is 0.354. The van der Waals surface area contributed by atoms with Crippen LogP contribution in [0.25, 0.3) is 0 Å². The Bertz CT molecular complexity index is 349. The molecule has 0 radical (unpaired) electrons. The highest BCUT2D eigenvalue weighted by molar-refractivity contribution is 8.07. The van der Waals surface area contributed by atoms with Crippen molar-refractivity contribution in [3.63, 3.8) is 0 Å². The number of hydrogen-bond donors (Lipinski definition) is 12. The molecular weight excluding hydrogens is 504 g/mol. The zero-order chi connectivity index (χ0) is 22.1. The van der Waals surface area contributed by atoms with Crippen molar-refractivity contribution in [3.05, 3.63) is 0 Å². The SMILES string of the molecule is CCCCC.OP(O)(O)=S.OP(O)(O)=S.OP(O)(O)=S.OP(O)(O)=S. The largest absolute Gasteiger partial charge is 0.325 e. The molecule has 12 nitrogen and oxygen atoms in total. The van der Waals surface area contributed by atoms with Gasteiger partial charge in [0.15, 0.2) is 0 Å². The molecule has 0 aliphatic rings. The Kier molecular flexibility index (Phi) is 29.4. The molecule has 0 spiro atoms. The molecule has 0 heterocycles. The van der Waals surface area contributed by atoms with Gasteiger partial charge in [0, 0.05) is 0 Å². The van der Waals surface area contributed by atoms with Crippen molar-refractivity contribution in [2.75, 3.05) is 0 Å². The molecule has 0 bridgehead atoms. The summed E-state index contributed by atoms with van der Waals surface area (Å²) >= 11 is 14.4. The van der Waals surface area contributed by atoms with Crippen LogP contribution in [0.5, 0.6) is 0 Å². The lowest BCUT2D eigenvalue weighted by molar-refractivity contribution is 0.361. The lowest BCUT2D eigenvalue weighted by atomic mass is 10.3. The predicted molar refractivity (Wildman–Crippen MR) is 109 cm³/mol. The summed E-state index contributed by atoms with van der Waals surface area (Å²) in [4.78, 5) is 90.7. The Morgan fingerprint density at radius 2 is 0.520 bits per heavy atom. The molecule has 0 atom stereocenters. The van der Waals surface area contributed by atoms with E-state index in [0.717, 1.165) is 0 Å². The van der Waals surface area contributed by atoms with Gasteiger partial charge in [-0.25, -0.2) is 0 Å². The van der Waals surface area contributed by atoms with E-state index in [2.05, 4.69) is 61.1 Å². The lowest BCUT2D eigenvalue weighted by Crippen LogP contribution is -1.65. The van der Waals surface area contributed by atoms with Crippen LogP contribution in [0.1, 0.15) is 33.1 Å². The van der Waals surface area contributed by atoms with Gasteiger partial charge in [-0.2, -0.15) is 0 Å². The first-order chi connectivity index (χ1) is 10.4. The van der Waals surface area contributed by atoms with Crippen LogP contribution in [0.15, 0.2) is 0 Å². The number of unbranched alkanes of at least 4 members (excludes halogenated alkanes) is 2. The van der Waals surface area contributed by atoms with Crippen LogP contribution in [0.2, 0.25) is 0 Å². The van der Waals surface area contributed by atoms with Crippen LogP contribution in [0.4, 0.5) is 0 Å². The molecule has 0 saturated heterocycles. The molecule has 0 aliphatic heterocycles. The van der Waals surface area contributed by atoms with E-state index in [0.29, 0.717) is 0 Å². The van der Waals surface area contributed by atoms with Crippen molar-refractivity contribution in [1.29, 1.82) is 0 Å². The summed E-state index contributed by atoms with van der Waals surface area (Å²) in [5, 5.41) is 0. The molecule has 0 aromatic rings. The van der Waals surface area contributed by atoms with Gasteiger partial charge in [0.05, 0.1) is 0 Å².